The summed E-state index contributed by atoms with van der Waals surface area (Å²) in [5.41, 5.74) is 0.913. The second-order valence-corrected chi connectivity index (χ2v) is 8.27. The van der Waals surface area contributed by atoms with Crippen LogP contribution in [-0.4, -0.2) is 29.4 Å². The van der Waals surface area contributed by atoms with Gasteiger partial charge in [-0.2, -0.15) is 0 Å². The van der Waals surface area contributed by atoms with Crippen LogP contribution >= 0.6 is 27.5 Å². The van der Waals surface area contributed by atoms with Crippen LogP contribution in [0.2, 0.25) is 5.02 Å². The van der Waals surface area contributed by atoms with Crippen molar-refractivity contribution in [2.75, 3.05) is 0 Å². The molecule has 5 nitrogen and oxygen atoms in total. The molecule has 0 fully saturated rings. The van der Waals surface area contributed by atoms with Crippen molar-refractivity contribution < 1.29 is 23.9 Å². The van der Waals surface area contributed by atoms with Crippen molar-refractivity contribution in [1.29, 1.82) is 0 Å². The molecule has 0 aromatic heterocycles. The fraction of sp³-hybridized carbons (Fsp3) is 0.0833. The maximum atomic E-state index is 12.9. The minimum atomic E-state index is -1.07. The van der Waals surface area contributed by atoms with E-state index in [1.54, 1.807) is 48.5 Å². The maximum absolute atomic E-state index is 12.9. The van der Waals surface area contributed by atoms with Gasteiger partial charge in [0, 0.05) is 26.7 Å². The number of rotatable bonds is 4. The van der Waals surface area contributed by atoms with Crippen molar-refractivity contribution >= 4 is 50.8 Å². The Morgan fingerprint density at radius 1 is 0.871 bits per heavy atom. The first kappa shape index (κ1) is 21.2. The number of Topliss-reactive ketones (excluding diaryl/α,β-unsaturated/α-hetero) is 1. The lowest BCUT2D eigenvalue weighted by Crippen LogP contribution is -2.26. The van der Waals surface area contributed by atoms with Crippen LogP contribution in [0, 0.1) is 0 Å². The maximum Gasteiger partial charge on any atom is 0.340 e. The number of hydrogen-bond acceptors (Lipinski definition) is 5. The Hall–Kier alpha value is -3.09. The van der Waals surface area contributed by atoms with Gasteiger partial charge in [0.2, 0.25) is 5.78 Å². The summed E-state index contributed by atoms with van der Waals surface area (Å²) in [6, 6.07) is 15.8. The largest absolute Gasteiger partial charge is 0.451 e. The van der Waals surface area contributed by atoms with E-state index in [2.05, 4.69) is 15.9 Å². The minimum absolute atomic E-state index is 0.0355. The van der Waals surface area contributed by atoms with E-state index in [1.807, 2.05) is 0 Å². The zero-order chi connectivity index (χ0) is 22.3. The SMILES string of the molecule is CC(OC(=O)c1ccc2c(c1Cl)C(=O)c1ccccc1C2=O)C(=O)c1ccc(Br)cc1. The Labute approximate surface area is 191 Å². The molecule has 0 N–H and O–H groups in total. The van der Waals surface area contributed by atoms with Gasteiger partial charge in [-0.25, -0.2) is 4.79 Å². The summed E-state index contributed by atoms with van der Waals surface area (Å²) < 4.78 is 6.12. The van der Waals surface area contributed by atoms with Crippen molar-refractivity contribution in [2.24, 2.45) is 0 Å². The number of esters is 1. The number of ketones is 3. The number of carbonyl (C=O) groups excluding carboxylic acids is 4. The molecule has 0 amide bonds. The Morgan fingerprint density at radius 2 is 1.48 bits per heavy atom. The van der Waals surface area contributed by atoms with Gasteiger partial charge in [0.15, 0.2) is 17.7 Å². The van der Waals surface area contributed by atoms with Crippen LogP contribution in [0.4, 0.5) is 0 Å². The number of carbonyl (C=O) groups is 4. The van der Waals surface area contributed by atoms with Crippen LogP contribution in [0.5, 0.6) is 0 Å². The topological polar surface area (TPSA) is 77.5 Å². The minimum Gasteiger partial charge on any atom is -0.451 e. The lowest BCUT2D eigenvalue weighted by molar-refractivity contribution is 0.0319. The normalized spacial score (nSPS) is 13.3. The molecule has 1 aliphatic rings. The molecular weight excluding hydrogens is 484 g/mol. The molecule has 0 radical (unpaired) electrons. The Balaban J connectivity index is 1.63. The number of halogens is 2. The second kappa shape index (κ2) is 8.21. The molecule has 4 rings (SSSR count). The first-order valence-corrected chi connectivity index (χ1v) is 10.5. The van der Waals surface area contributed by atoms with Crippen molar-refractivity contribution in [3.8, 4) is 0 Å². The van der Waals surface area contributed by atoms with Gasteiger partial charge in [0.25, 0.3) is 0 Å². The Bertz CT molecular complexity index is 1260. The highest BCUT2D eigenvalue weighted by molar-refractivity contribution is 9.10. The van der Waals surface area contributed by atoms with Crippen molar-refractivity contribution in [2.45, 2.75) is 13.0 Å². The molecule has 3 aromatic carbocycles. The molecule has 154 valence electrons. The van der Waals surface area contributed by atoms with Crippen LogP contribution in [0.3, 0.4) is 0 Å². The first-order valence-electron chi connectivity index (χ1n) is 9.31. The van der Waals surface area contributed by atoms with Gasteiger partial charge >= 0.3 is 5.97 Å². The summed E-state index contributed by atoms with van der Waals surface area (Å²) in [5.74, 6) is -2.02. The van der Waals surface area contributed by atoms with Crippen LogP contribution < -0.4 is 0 Å². The molecule has 1 atom stereocenters. The molecule has 0 spiro atoms. The third kappa shape index (κ3) is 3.73. The average molecular weight is 498 g/mol. The fourth-order valence-corrected chi connectivity index (χ4v) is 4.02. The molecule has 0 saturated carbocycles. The van der Waals surface area contributed by atoms with Crippen LogP contribution in [0.15, 0.2) is 65.1 Å². The zero-order valence-corrected chi connectivity index (χ0v) is 18.5. The van der Waals surface area contributed by atoms with Gasteiger partial charge in [-0.3, -0.25) is 14.4 Å². The standard InChI is InChI=1S/C24H14BrClO5/c1-12(21(27)13-6-8-14(25)9-7-13)31-24(30)18-11-10-17-19(20(18)26)23(29)16-5-3-2-4-15(16)22(17)28/h2-12H,1H3. The molecule has 31 heavy (non-hydrogen) atoms. The van der Waals surface area contributed by atoms with Gasteiger partial charge in [-0.05, 0) is 31.2 Å². The van der Waals surface area contributed by atoms with E-state index in [0.717, 1.165) is 4.47 Å². The number of fused-ring (bicyclic) bond motifs is 2. The van der Waals surface area contributed by atoms with Crippen LogP contribution in [0.1, 0.15) is 59.5 Å². The van der Waals surface area contributed by atoms with Crippen LogP contribution in [0.25, 0.3) is 0 Å². The summed E-state index contributed by atoms with van der Waals surface area (Å²) in [4.78, 5) is 51.0. The van der Waals surface area contributed by atoms with Crippen molar-refractivity contribution in [3.63, 3.8) is 0 Å². The Kier molecular flexibility index (Phi) is 5.60. The molecular formula is C24H14BrClO5. The third-order valence-electron chi connectivity index (χ3n) is 5.03. The average Bonchev–Trinajstić information content (AvgIpc) is 2.77. The number of benzene rings is 3. The molecule has 0 aliphatic heterocycles. The predicted molar refractivity (Wildman–Crippen MR) is 118 cm³/mol. The molecule has 7 heteroatoms. The lowest BCUT2D eigenvalue weighted by Gasteiger charge is -2.20. The highest BCUT2D eigenvalue weighted by atomic mass is 79.9. The van der Waals surface area contributed by atoms with E-state index < -0.39 is 17.9 Å². The predicted octanol–water partition coefficient (Wildman–Crippen LogP) is 5.31. The fourth-order valence-electron chi connectivity index (χ4n) is 3.43. The third-order valence-corrected chi connectivity index (χ3v) is 5.95. The molecule has 1 aliphatic carbocycles. The zero-order valence-electron chi connectivity index (χ0n) is 16.1. The monoisotopic (exact) mass is 496 g/mol. The van der Waals surface area contributed by atoms with Crippen LogP contribution in [-0.2, 0) is 4.74 Å². The highest BCUT2D eigenvalue weighted by Gasteiger charge is 2.33. The molecule has 1 unspecified atom stereocenters. The summed E-state index contributed by atoms with van der Waals surface area (Å²) in [7, 11) is 0. The lowest BCUT2D eigenvalue weighted by atomic mass is 9.83. The smallest absolute Gasteiger partial charge is 0.340 e. The molecule has 3 aromatic rings. The summed E-state index contributed by atoms with van der Waals surface area (Å²) in [6.45, 7) is 1.46. The summed E-state index contributed by atoms with van der Waals surface area (Å²) >= 11 is 9.68. The van der Waals surface area contributed by atoms with Gasteiger partial charge in [0.05, 0.1) is 16.1 Å². The summed E-state index contributed by atoms with van der Waals surface area (Å²) in [5, 5.41) is -0.168. The van der Waals surface area contributed by atoms with E-state index in [0.29, 0.717) is 11.1 Å². The molecule has 0 heterocycles. The first-order chi connectivity index (χ1) is 14.8. The van der Waals surface area contributed by atoms with Gasteiger partial charge in [0.1, 0.15) is 0 Å². The van der Waals surface area contributed by atoms with E-state index in [4.69, 9.17) is 16.3 Å². The quantitative estimate of drug-likeness (QED) is 0.282. The van der Waals surface area contributed by atoms with E-state index in [-0.39, 0.29) is 38.8 Å². The molecule has 0 bridgehead atoms. The van der Waals surface area contributed by atoms with E-state index >= 15 is 0 Å². The number of ether oxygens (including phenoxy) is 1. The van der Waals surface area contributed by atoms with Gasteiger partial charge in [-0.1, -0.05) is 63.9 Å². The van der Waals surface area contributed by atoms with Crippen molar-refractivity contribution in [3.05, 3.63) is 104 Å². The highest BCUT2D eigenvalue weighted by Crippen LogP contribution is 2.34. The Morgan fingerprint density at radius 3 is 2.13 bits per heavy atom. The summed E-state index contributed by atoms with van der Waals surface area (Å²) in [6.07, 6.45) is -1.07. The van der Waals surface area contributed by atoms with Crippen molar-refractivity contribution in [1.82, 2.24) is 0 Å². The molecule has 0 saturated heterocycles. The van der Waals surface area contributed by atoms with E-state index in [1.165, 1.54) is 19.1 Å². The van der Waals surface area contributed by atoms with Gasteiger partial charge in [-0.15, -0.1) is 0 Å². The van der Waals surface area contributed by atoms with E-state index in [9.17, 15) is 19.2 Å². The van der Waals surface area contributed by atoms with Gasteiger partial charge < -0.3 is 4.74 Å². The number of hydrogen-bond donors (Lipinski definition) is 0. The second-order valence-electron chi connectivity index (χ2n) is 6.97.